The van der Waals surface area contributed by atoms with Gasteiger partial charge in [-0.05, 0) is 71.0 Å². The molecule has 2 aliphatic heterocycles. The van der Waals surface area contributed by atoms with Gasteiger partial charge in [0.2, 0.25) is 0 Å². The first-order valence-corrected chi connectivity index (χ1v) is 24.3. The van der Waals surface area contributed by atoms with Crippen LogP contribution in [0.15, 0.2) is 18.2 Å². The molecule has 1 amide bonds. The van der Waals surface area contributed by atoms with Crippen molar-refractivity contribution < 1.29 is 39.3 Å². The summed E-state index contributed by atoms with van der Waals surface area (Å²) in [6.45, 7) is 0.348. The number of aliphatic carboxylic acids is 2. The average Bonchev–Trinajstić information content (AvgIpc) is 3.84. The summed E-state index contributed by atoms with van der Waals surface area (Å²) < 4.78 is 0.100. The highest BCUT2D eigenvalue weighted by Crippen LogP contribution is 2.84. The lowest BCUT2D eigenvalue weighted by Gasteiger charge is -2.27. The van der Waals surface area contributed by atoms with Crippen molar-refractivity contribution in [3.8, 4) is 0 Å². The van der Waals surface area contributed by atoms with Crippen molar-refractivity contribution >= 4 is 94.4 Å². The van der Waals surface area contributed by atoms with Crippen molar-refractivity contribution in [2.24, 2.45) is 5.92 Å². The molecular weight excluding hydrogens is 755 g/mol. The zero-order valence-electron chi connectivity index (χ0n) is 28.6. The van der Waals surface area contributed by atoms with E-state index in [0.29, 0.717) is 37.8 Å². The maximum absolute atomic E-state index is 12.9. The number of nitrogens with one attached hydrogen (secondary N) is 1. The van der Waals surface area contributed by atoms with Gasteiger partial charge in [-0.15, -0.1) is 0 Å². The Kier molecular flexibility index (Phi) is 21.0. The van der Waals surface area contributed by atoms with Crippen LogP contribution in [0.1, 0.15) is 148 Å². The van der Waals surface area contributed by atoms with Crippen LogP contribution < -0.4 is 5.32 Å². The summed E-state index contributed by atoms with van der Waals surface area (Å²) in [7, 11) is 10.4. The number of carboxylic acid groups (broad SMARTS) is 3. The minimum atomic E-state index is -1.16. The van der Waals surface area contributed by atoms with Gasteiger partial charge in [-0.3, -0.25) is 19.2 Å². The van der Waals surface area contributed by atoms with Crippen LogP contribution in [0.5, 0.6) is 0 Å². The van der Waals surface area contributed by atoms with Gasteiger partial charge in [0.05, 0.1) is 16.1 Å². The maximum atomic E-state index is 12.9. The Hall–Kier alpha value is -1.13. The van der Waals surface area contributed by atoms with Crippen LogP contribution in [-0.4, -0.2) is 58.8 Å². The second kappa shape index (κ2) is 24.2. The van der Waals surface area contributed by atoms with Gasteiger partial charge < -0.3 is 20.6 Å². The van der Waals surface area contributed by atoms with Crippen LogP contribution >= 0.6 is 64.8 Å². The largest absolute Gasteiger partial charge is 0.481 e. The van der Waals surface area contributed by atoms with Gasteiger partial charge in [0.15, 0.2) is 2.74 Å². The molecule has 2 heterocycles. The maximum Gasteiger partial charge on any atom is 0.335 e. The monoisotopic (exact) mass is 805 g/mol. The lowest BCUT2D eigenvalue weighted by Crippen LogP contribution is -2.26. The molecule has 1 spiro atoms. The third kappa shape index (κ3) is 17.6. The van der Waals surface area contributed by atoms with Crippen LogP contribution in [0, 0.1) is 5.92 Å². The summed E-state index contributed by atoms with van der Waals surface area (Å²) in [6.07, 6.45) is 18.1. The van der Waals surface area contributed by atoms with Crippen molar-refractivity contribution in [2.75, 3.05) is 6.54 Å². The highest BCUT2D eigenvalue weighted by Gasteiger charge is 2.53. The molecule has 0 aromatic heterocycles. The standard InChI is InChI=1S/C35H51NO8S6/c37-28(17-13-11-9-7-5-3-1-2-4-6-8-10-12-14-19-30(38)39)23-25-21-26(24-27(22-25)32(41)42)31(40)36-20-16-15-18-29(33(43)44)34-45-47-35(48-46-34)49-50-35/h21-22,24,29,34H,1-20,23H2,(H,36,40)(H,38,39)(H,41,42)(H,43,44)/t29-/m0/s1. The van der Waals surface area contributed by atoms with E-state index in [1.807, 2.05) is 21.6 Å². The minimum absolute atomic E-state index is 0.0255. The number of hydrogen-bond acceptors (Lipinski definition) is 11. The summed E-state index contributed by atoms with van der Waals surface area (Å²) in [6, 6.07) is 4.39. The molecule has 9 nitrogen and oxygen atoms in total. The first-order chi connectivity index (χ1) is 24.1. The third-order valence-electron chi connectivity index (χ3n) is 8.58. The Labute approximate surface area is 320 Å². The second-order valence-electron chi connectivity index (χ2n) is 12.9. The third-order valence-corrected chi connectivity index (χ3v) is 22.5. The van der Waals surface area contributed by atoms with E-state index >= 15 is 0 Å². The number of benzene rings is 1. The molecule has 2 aliphatic rings. The predicted octanol–water partition coefficient (Wildman–Crippen LogP) is 10.5. The van der Waals surface area contributed by atoms with Gasteiger partial charge in [-0.1, -0.05) is 127 Å². The molecular formula is C35H51NO8S6. The number of hydrogen-bond donors (Lipinski definition) is 4. The molecule has 1 atom stereocenters. The molecule has 50 heavy (non-hydrogen) atoms. The zero-order chi connectivity index (χ0) is 36.2. The van der Waals surface area contributed by atoms with Crippen LogP contribution in [0.3, 0.4) is 0 Å². The normalized spacial score (nSPS) is 15.8. The Morgan fingerprint density at radius 3 is 1.66 bits per heavy atom. The van der Waals surface area contributed by atoms with Crippen molar-refractivity contribution in [1.29, 1.82) is 0 Å². The number of aromatic carboxylic acids is 1. The first-order valence-electron chi connectivity index (χ1n) is 17.8. The molecule has 0 radical (unpaired) electrons. The van der Waals surface area contributed by atoms with Crippen molar-refractivity contribution in [1.82, 2.24) is 5.32 Å². The molecule has 15 heteroatoms. The van der Waals surface area contributed by atoms with Gasteiger partial charge in [0, 0.05) is 31.4 Å². The molecule has 2 saturated heterocycles. The Balaban J connectivity index is 1.25. The number of carbonyl (C=O) groups excluding carboxylic acids is 2. The molecule has 3 rings (SSSR count). The van der Waals surface area contributed by atoms with Crippen LogP contribution in [-0.2, 0) is 20.8 Å². The summed E-state index contributed by atoms with van der Waals surface area (Å²) in [5.41, 5.74) is 0.698. The Morgan fingerprint density at radius 1 is 0.640 bits per heavy atom. The predicted molar refractivity (Wildman–Crippen MR) is 213 cm³/mol. The smallest absolute Gasteiger partial charge is 0.335 e. The van der Waals surface area contributed by atoms with Crippen molar-refractivity contribution in [3.05, 3.63) is 34.9 Å². The summed E-state index contributed by atoms with van der Waals surface area (Å²) in [5.74, 6) is -3.50. The van der Waals surface area contributed by atoms with Gasteiger partial charge in [-0.2, -0.15) is 0 Å². The van der Waals surface area contributed by atoms with E-state index in [-0.39, 0.29) is 37.1 Å². The first kappa shape index (κ1) is 43.3. The van der Waals surface area contributed by atoms with Gasteiger partial charge in [-0.25, -0.2) is 4.79 Å². The fraction of sp³-hybridized carbons (Fsp3) is 0.686. The van der Waals surface area contributed by atoms with E-state index in [1.165, 1.54) is 57.1 Å². The number of rotatable bonds is 28. The van der Waals surface area contributed by atoms with E-state index in [1.54, 1.807) is 49.2 Å². The van der Waals surface area contributed by atoms with Gasteiger partial charge in [0.1, 0.15) is 5.78 Å². The molecule has 1 aromatic rings. The molecule has 280 valence electrons. The molecule has 2 fully saturated rings. The van der Waals surface area contributed by atoms with E-state index in [9.17, 15) is 34.2 Å². The van der Waals surface area contributed by atoms with E-state index in [2.05, 4.69) is 5.32 Å². The van der Waals surface area contributed by atoms with E-state index in [4.69, 9.17) is 5.11 Å². The molecule has 4 N–H and O–H groups in total. The number of Topliss-reactive ketones (excluding diaryl/α,β-unsaturated/α-hetero) is 1. The molecule has 0 unspecified atom stereocenters. The molecule has 0 bridgehead atoms. The number of amides is 1. The van der Waals surface area contributed by atoms with Crippen molar-refractivity contribution in [3.63, 3.8) is 0 Å². The Morgan fingerprint density at radius 2 is 1.16 bits per heavy atom. The number of ketones is 1. The van der Waals surface area contributed by atoms with Crippen molar-refractivity contribution in [2.45, 2.75) is 136 Å². The SMILES string of the molecule is O=C(O)CCCCCCCCCCCCCCCCC(=O)Cc1cc(C(=O)O)cc(C(=O)NCCCC[C@@H](C(=O)O)C2SSC3(SS2)SS3)c1. The fourth-order valence-corrected chi connectivity index (χ4v) is 19.6. The number of unbranched alkanes of at least 4 members (excludes halogenated alkanes) is 14. The quantitative estimate of drug-likeness (QED) is 0.0360. The summed E-state index contributed by atoms with van der Waals surface area (Å²) in [5, 5.41) is 30.9. The van der Waals surface area contributed by atoms with Crippen LogP contribution in [0.2, 0.25) is 0 Å². The highest BCUT2D eigenvalue weighted by atomic mass is 33.2. The number of carboxylic acids is 3. The average molecular weight is 806 g/mol. The molecule has 0 saturated carbocycles. The lowest BCUT2D eigenvalue weighted by atomic mass is 9.98. The van der Waals surface area contributed by atoms with Gasteiger partial charge >= 0.3 is 17.9 Å². The summed E-state index contributed by atoms with van der Waals surface area (Å²) >= 11 is 0. The molecule has 0 aliphatic carbocycles. The topological polar surface area (TPSA) is 158 Å². The highest BCUT2D eigenvalue weighted by molar-refractivity contribution is 9.14. The van der Waals surface area contributed by atoms with Crippen LogP contribution in [0.25, 0.3) is 0 Å². The summed E-state index contributed by atoms with van der Waals surface area (Å²) in [4.78, 5) is 59.8. The van der Waals surface area contributed by atoms with E-state index < -0.39 is 29.7 Å². The van der Waals surface area contributed by atoms with Crippen LogP contribution in [0.4, 0.5) is 0 Å². The zero-order valence-corrected chi connectivity index (χ0v) is 33.5. The number of carbonyl (C=O) groups is 5. The minimum Gasteiger partial charge on any atom is -0.481 e. The van der Waals surface area contributed by atoms with E-state index in [0.717, 1.165) is 44.9 Å². The lowest BCUT2D eigenvalue weighted by molar-refractivity contribution is -0.141. The van der Waals surface area contributed by atoms with Gasteiger partial charge in [0.25, 0.3) is 5.91 Å². The molecule has 1 aromatic carbocycles. The second-order valence-corrected chi connectivity index (χ2v) is 22.4. The Bertz CT molecular complexity index is 1250. The fourth-order valence-electron chi connectivity index (χ4n) is 5.72.